The van der Waals surface area contributed by atoms with Crippen molar-refractivity contribution in [1.82, 2.24) is 10.3 Å². The quantitative estimate of drug-likeness (QED) is 0.656. The molecule has 0 saturated carbocycles. The summed E-state index contributed by atoms with van der Waals surface area (Å²) >= 11 is 0. The summed E-state index contributed by atoms with van der Waals surface area (Å²) in [6, 6.07) is 14.6. The molecule has 0 aliphatic carbocycles. The van der Waals surface area contributed by atoms with Gasteiger partial charge in [0.25, 0.3) is 5.91 Å². The Balaban J connectivity index is 1.77. The van der Waals surface area contributed by atoms with Gasteiger partial charge in [-0.3, -0.25) is 4.79 Å². The number of benzene rings is 2. The summed E-state index contributed by atoms with van der Waals surface area (Å²) in [5.74, 6) is 1.01. The third-order valence-corrected chi connectivity index (χ3v) is 4.09. The van der Waals surface area contributed by atoms with Crippen molar-refractivity contribution in [3.63, 3.8) is 0 Å². The Bertz CT molecular complexity index is 1010. The average Bonchev–Trinajstić information content (AvgIpc) is 2.71. The number of rotatable bonds is 7. The molecule has 0 aliphatic heterocycles. The third kappa shape index (κ3) is 4.59. The first-order chi connectivity index (χ1) is 13.6. The minimum absolute atomic E-state index is 0.0656. The van der Waals surface area contributed by atoms with E-state index in [1.165, 1.54) is 0 Å². The molecule has 0 unspecified atom stereocenters. The predicted octanol–water partition coefficient (Wildman–Crippen LogP) is 3.63. The van der Waals surface area contributed by atoms with E-state index in [0.717, 1.165) is 16.6 Å². The van der Waals surface area contributed by atoms with Gasteiger partial charge in [0.05, 0.1) is 12.8 Å². The Morgan fingerprint density at radius 1 is 1.14 bits per heavy atom. The monoisotopic (exact) mass is 378 g/mol. The zero-order valence-corrected chi connectivity index (χ0v) is 15.8. The molecule has 1 amide bonds. The van der Waals surface area contributed by atoms with Crippen LogP contribution in [-0.2, 0) is 4.79 Å². The fourth-order valence-electron chi connectivity index (χ4n) is 2.72. The second-order valence-corrected chi connectivity index (χ2v) is 6.07. The van der Waals surface area contributed by atoms with E-state index < -0.39 is 0 Å². The molecule has 28 heavy (non-hydrogen) atoms. The van der Waals surface area contributed by atoms with Gasteiger partial charge in [-0.25, -0.2) is 4.98 Å². The molecule has 3 rings (SSSR count). The molecule has 0 radical (unpaired) electrons. The predicted molar refractivity (Wildman–Crippen MR) is 110 cm³/mol. The van der Waals surface area contributed by atoms with E-state index in [2.05, 4.69) is 10.3 Å². The molecule has 1 aromatic heterocycles. The number of methoxy groups -OCH3 is 1. The molecule has 1 heterocycles. The summed E-state index contributed by atoms with van der Waals surface area (Å²) < 4.78 is 10.9. The van der Waals surface area contributed by atoms with Crippen LogP contribution in [0.2, 0.25) is 0 Å². The summed E-state index contributed by atoms with van der Waals surface area (Å²) in [6.45, 7) is 2.35. The van der Waals surface area contributed by atoms with Crippen LogP contribution in [0.5, 0.6) is 17.2 Å². The number of pyridine rings is 1. The second-order valence-electron chi connectivity index (χ2n) is 6.07. The van der Waals surface area contributed by atoms with Crippen molar-refractivity contribution >= 4 is 29.0 Å². The molecule has 0 fully saturated rings. The Hall–Kier alpha value is -3.54. The number of aromatic nitrogens is 1. The van der Waals surface area contributed by atoms with Crippen LogP contribution >= 0.6 is 0 Å². The van der Waals surface area contributed by atoms with Crippen molar-refractivity contribution in [1.29, 1.82) is 0 Å². The molecule has 0 aliphatic rings. The Morgan fingerprint density at radius 3 is 2.79 bits per heavy atom. The van der Waals surface area contributed by atoms with Crippen molar-refractivity contribution < 1.29 is 19.4 Å². The van der Waals surface area contributed by atoms with E-state index in [-0.39, 0.29) is 18.3 Å². The fourth-order valence-corrected chi connectivity index (χ4v) is 2.72. The van der Waals surface area contributed by atoms with Crippen molar-refractivity contribution in [2.24, 2.45) is 0 Å². The van der Waals surface area contributed by atoms with Gasteiger partial charge in [0.1, 0.15) is 11.3 Å². The lowest BCUT2D eigenvalue weighted by Gasteiger charge is -2.11. The highest BCUT2D eigenvalue weighted by Crippen LogP contribution is 2.29. The summed E-state index contributed by atoms with van der Waals surface area (Å²) in [7, 11) is 1.55. The number of carbonyl (C=O) groups is 1. The molecule has 144 valence electrons. The van der Waals surface area contributed by atoms with Gasteiger partial charge < -0.3 is 19.9 Å². The van der Waals surface area contributed by atoms with Crippen LogP contribution in [0.25, 0.3) is 23.1 Å². The fraction of sp³-hybridized carbons (Fsp3) is 0.182. The second kappa shape index (κ2) is 8.90. The summed E-state index contributed by atoms with van der Waals surface area (Å²) in [5, 5.41) is 13.5. The lowest BCUT2D eigenvalue weighted by Crippen LogP contribution is -2.28. The van der Waals surface area contributed by atoms with E-state index in [9.17, 15) is 9.90 Å². The molecular formula is C22H22N2O4. The SMILES string of the molecule is CCNC(=O)COc1ccc(/C=C/c2ccc3cccc(O)c3n2)cc1OC. The van der Waals surface area contributed by atoms with Gasteiger partial charge in [0, 0.05) is 11.9 Å². The van der Waals surface area contributed by atoms with E-state index in [0.29, 0.717) is 23.6 Å². The third-order valence-electron chi connectivity index (χ3n) is 4.09. The molecule has 3 aromatic rings. The van der Waals surface area contributed by atoms with E-state index in [4.69, 9.17) is 9.47 Å². The van der Waals surface area contributed by atoms with E-state index in [1.54, 1.807) is 25.3 Å². The maximum absolute atomic E-state index is 11.5. The molecule has 2 aromatic carbocycles. The lowest BCUT2D eigenvalue weighted by atomic mass is 10.1. The number of hydrogen-bond donors (Lipinski definition) is 2. The number of nitrogens with one attached hydrogen (secondary N) is 1. The van der Waals surface area contributed by atoms with Crippen LogP contribution in [0.15, 0.2) is 48.5 Å². The summed E-state index contributed by atoms with van der Waals surface area (Å²) in [6.07, 6.45) is 3.75. The highest BCUT2D eigenvalue weighted by Gasteiger charge is 2.08. The zero-order valence-electron chi connectivity index (χ0n) is 15.8. The van der Waals surface area contributed by atoms with Crippen LogP contribution < -0.4 is 14.8 Å². The molecule has 0 spiro atoms. The van der Waals surface area contributed by atoms with Crippen molar-refractivity contribution in [2.45, 2.75) is 6.92 Å². The van der Waals surface area contributed by atoms with Crippen molar-refractivity contribution in [3.05, 3.63) is 59.8 Å². The number of hydrogen-bond acceptors (Lipinski definition) is 5. The van der Waals surface area contributed by atoms with Crippen molar-refractivity contribution in [3.8, 4) is 17.2 Å². The zero-order chi connectivity index (χ0) is 19.9. The molecule has 2 N–H and O–H groups in total. The van der Waals surface area contributed by atoms with Crippen LogP contribution in [0.4, 0.5) is 0 Å². The first-order valence-electron chi connectivity index (χ1n) is 8.95. The van der Waals surface area contributed by atoms with Gasteiger partial charge in [-0.2, -0.15) is 0 Å². The maximum Gasteiger partial charge on any atom is 0.257 e. The van der Waals surface area contributed by atoms with Gasteiger partial charge in [-0.15, -0.1) is 0 Å². The minimum Gasteiger partial charge on any atom is -0.506 e. The number of fused-ring (bicyclic) bond motifs is 1. The molecule has 6 nitrogen and oxygen atoms in total. The lowest BCUT2D eigenvalue weighted by molar-refractivity contribution is -0.123. The van der Waals surface area contributed by atoms with E-state index >= 15 is 0 Å². The first-order valence-corrected chi connectivity index (χ1v) is 8.95. The highest BCUT2D eigenvalue weighted by molar-refractivity contribution is 5.85. The average molecular weight is 378 g/mol. The van der Waals surface area contributed by atoms with E-state index in [1.807, 2.05) is 49.4 Å². The molecular weight excluding hydrogens is 356 g/mol. The summed E-state index contributed by atoms with van der Waals surface area (Å²) in [5.41, 5.74) is 2.18. The molecule has 0 atom stereocenters. The van der Waals surface area contributed by atoms with Crippen LogP contribution in [0.3, 0.4) is 0 Å². The number of aromatic hydroxyl groups is 1. The number of phenols is 1. The first kappa shape index (κ1) is 19.2. The Kier molecular flexibility index (Phi) is 6.11. The van der Waals surface area contributed by atoms with Gasteiger partial charge in [-0.05, 0) is 42.8 Å². The van der Waals surface area contributed by atoms with Crippen LogP contribution in [0.1, 0.15) is 18.2 Å². The maximum atomic E-state index is 11.5. The summed E-state index contributed by atoms with van der Waals surface area (Å²) in [4.78, 5) is 16.0. The molecule has 6 heteroatoms. The molecule has 0 bridgehead atoms. The standard InChI is InChI=1S/C22H22N2O4/c1-3-23-21(26)14-28-19-12-8-15(13-20(19)27-2)7-10-17-11-9-16-5-4-6-18(25)22(16)24-17/h4-13,25H,3,14H2,1-2H3,(H,23,26)/b10-7+. The number of likely N-dealkylation sites (N-methyl/N-ethyl adjacent to an activating group) is 1. The topological polar surface area (TPSA) is 80.7 Å². The van der Waals surface area contributed by atoms with Crippen molar-refractivity contribution in [2.75, 3.05) is 20.3 Å². The number of ether oxygens (including phenoxy) is 2. The number of carbonyl (C=O) groups excluding carboxylic acids is 1. The molecule has 0 saturated heterocycles. The minimum atomic E-state index is -0.181. The number of para-hydroxylation sites is 1. The normalized spacial score (nSPS) is 10.9. The van der Waals surface area contributed by atoms with Gasteiger partial charge >= 0.3 is 0 Å². The Morgan fingerprint density at radius 2 is 2.00 bits per heavy atom. The van der Waals surface area contributed by atoms with Gasteiger partial charge in [0.15, 0.2) is 18.1 Å². The smallest absolute Gasteiger partial charge is 0.257 e. The van der Waals surface area contributed by atoms with Crippen LogP contribution in [0, 0.1) is 0 Å². The largest absolute Gasteiger partial charge is 0.506 e. The Labute approximate surface area is 163 Å². The highest BCUT2D eigenvalue weighted by atomic mass is 16.5. The number of phenolic OH excluding ortho intramolecular Hbond substituents is 1. The van der Waals surface area contributed by atoms with Gasteiger partial charge in [-0.1, -0.05) is 30.3 Å². The number of amides is 1. The van der Waals surface area contributed by atoms with Gasteiger partial charge in [0.2, 0.25) is 0 Å². The number of nitrogens with zero attached hydrogens (tertiary/aromatic N) is 1. The van der Waals surface area contributed by atoms with Crippen LogP contribution in [-0.4, -0.2) is 36.3 Å².